The summed E-state index contributed by atoms with van der Waals surface area (Å²) in [4.78, 5) is 6.47. The minimum absolute atomic E-state index is 0.751. The summed E-state index contributed by atoms with van der Waals surface area (Å²) in [5.74, 6) is 0. The van der Waals surface area contributed by atoms with E-state index in [0.717, 1.165) is 22.4 Å². The van der Waals surface area contributed by atoms with Crippen molar-refractivity contribution in [2.45, 2.75) is 13.8 Å². The zero-order valence-corrected chi connectivity index (χ0v) is 10.3. The molecule has 0 atom stereocenters. The summed E-state index contributed by atoms with van der Waals surface area (Å²) in [5, 5.41) is 1.70. The number of thiazole rings is 1. The summed E-state index contributed by atoms with van der Waals surface area (Å²) < 4.78 is 0. The van der Waals surface area contributed by atoms with Gasteiger partial charge in [0.2, 0.25) is 0 Å². The van der Waals surface area contributed by atoms with Crippen LogP contribution in [0.1, 0.15) is 12.5 Å². The molecule has 0 bridgehead atoms. The fourth-order valence-electron chi connectivity index (χ4n) is 1.63. The molecule has 0 amide bonds. The Bertz CT molecular complexity index is 479. The predicted octanol–water partition coefficient (Wildman–Crippen LogP) is 3.19. The van der Waals surface area contributed by atoms with E-state index in [9.17, 15) is 0 Å². The van der Waals surface area contributed by atoms with E-state index in [1.165, 1.54) is 16.9 Å². The van der Waals surface area contributed by atoms with E-state index in [1.54, 1.807) is 6.20 Å². The predicted molar refractivity (Wildman–Crippen MR) is 70.4 cm³/mol. The summed E-state index contributed by atoms with van der Waals surface area (Å²) in [5.41, 5.74) is 8.12. The van der Waals surface area contributed by atoms with Crippen LogP contribution in [-0.4, -0.2) is 11.5 Å². The molecule has 1 aromatic carbocycles. The van der Waals surface area contributed by atoms with Gasteiger partial charge < -0.3 is 10.6 Å². The Morgan fingerprint density at radius 2 is 2.25 bits per heavy atom. The number of rotatable bonds is 3. The van der Waals surface area contributed by atoms with E-state index in [0.29, 0.717) is 0 Å². The Morgan fingerprint density at radius 3 is 2.81 bits per heavy atom. The molecule has 84 valence electrons. The molecular formula is C12H15N3S. The highest BCUT2D eigenvalue weighted by molar-refractivity contribution is 7.19. The normalized spacial score (nSPS) is 10.4. The van der Waals surface area contributed by atoms with Crippen molar-refractivity contribution < 1.29 is 0 Å². The van der Waals surface area contributed by atoms with Crippen LogP contribution in [0.4, 0.5) is 15.8 Å². The highest BCUT2D eigenvalue weighted by Gasteiger charge is 2.10. The lowest BCUT2D eigenvalue weighted by molar-refractivity contribution is 1.01. The highest BCUT2D eigenvalue weighted by atomic mass is 32.1. The van der Waals surface area contributed by atoms with Gasteiger partial charge in [-0.3, -0.25) is 0 Å². The van der Waals surface area contributed by atoms with Gasteiger partial charge in [0.1, 0.15) is 5.00 Å². The third-order valence-corrected chi connectivity index (χ3v) is 3.22. The standard InChI is InChI=1S/C12H15N3S/c1-3-15(12-14-8-11(13)16-12)10-6-4-5-9(2)7-10/h4-8H,3,13H2,1-2H3. The molecule has 4 heteroatoms. The van der Waals surface area contributed by atoms with Gasteiger partial charge in [0.25, 0.3) is 0 Å². The van der Waals surface area contributed by atoms with Crippen molar-refractivity contribution in [1.82, 2.24) is 4.98 Å². The van der Waals surface area contributed by atoms with Gasteiger partial charge in [-0.2, -0.15) is 0 Å². The zero-order valence-electron chi connectivity index (χ0n) is 9.47. The maximum absolute atomic E-state index is 5.71. The van der Waals surface area contributed by atoms with Crippen molar-refractivity contribution in [3.8, 4) is 0 Å². The number of benzene rings is 1. The average molecular weight is 233 g/mol. The molecule has 1 aromatic heterocycles. The molecule has 0 aliphatic rings. The monoisotopic (exact) mass is 233 g/mol. The molecule has 0 saturated carbocycles. The zero-order chi connectivity index (χ0) is 11.5. The van der Waals surface area contributed by atoms with Gasteiger partial charge in [-0.25, -0.2) is 4.98 Å². The van der Waals surface area contributed by atoms with E-state index in [2.05, 4.69) is 48.0 Å². The minimum atomic E-state index is 0.751. The van der Waals surface area contributed by atoms with Gasteiger partial charge in [0.05, 0.1) is 6.20 Å². The van der Waals surface area contributed by atoms with Gasteiger partial charge in [0.15, 0.2) is 5.13 Å². The second-order valence-electron chi connectivity index (χ2n) is 3.63. The second-order valence-corrected chi connectivity index (χ2v) is 4.67. The molecule has 0 spiro atoms. The van der Waals surface area contributed by atoms with Crippen molar-refractivity contribution in [3.63, 3.8) is 0 Å². The van der Waals surface area contributed by atoms with E-state index >= 15 is 0 Å². The van der Waals surface area contributed by atoms with Gasteiger partial charge in [-0.05, 0) is 31.5 Å². The van der Waals surface area contributed by atoms with Crippen LogP contribution >= 0.6 is 11.3 Å². The summed E-state index contributed by atoms with van der Waals surface area (Å²) in [6.07, 6.45) is 1.71. The smallest absolute Gasteiger partial charge is 0.191 e. The number of nitrogen functional groups attached to an aromatic ring is 1. The Labute approximate surface area is 99.5 Å². The summed E-state index contributed by atoms with van der Waals surface area (Å²) in [7, 11) is 0. The molecule has 2 aromatic rings. The molecule has 16 heavy (non-hydrogen) atoms. The molecule has 0 saturated heterocycles. The second kappa shape index (κ2) is 4.53. The maximum atomic E-state index is 5.71. The van der Waals surface area contributed by atoms with Gasteiger partial charge >= 0.3 is 0 Å². The van der Waals surface area contributed by atoms with Crippen molar-refractivity contribution in [2.75, 3.05) is 17.2 Å². The van der Waals surface area contributed by atoms with Gasteiger partial charge in [-0.1, -0.05) is 23.5 Å². The van der Waals surface area contributed by atoms with E-state index in [4.69, 9.17) is 5.73 Å². The van der Waals surface area contributed by atoms with Gasteiger partial charge in [-0.15, -0.1) is 0 Å². The number of nitrogens with two attached hydrogens (primary N) is 1. The van der Waals surface area contributed by atoms with Crippen molar-refractivity contribution in [1.29, 1.82) is 0 Å². The van der Waals surface area contributed by atoms with Crippen LogP contribution in [0.25, 0.3) is 0 Å². The molecule has 0 aliphatic carbocycles. The Kier molecular flexibility index (Phi) is 3.10. The molecule has 1 heterocycles. The third-order valence-electron chi connectivity index (χ3n) is 2.37. The average Bonchev–Trinajstić information content (AvgIpc) is 2.66. The molecule has 2 N–H and O–H groups in total. The number of nitrogens with zero attached hydrogens (tertiary/aromatic N) is 2. The van der Waals surface area contributed by atoms with Crippen LogP contribution < -0.4 is 10.6 Å². The molecule has 0 unspecified atom stereocenters. The van der Waals surface area contributed by atoms with Crippen molar-refractivity contribution in [3.05, 3.63) is 36.0 Å². The van der Waals surface area contributed by atoms with Gasteiger partial charge in [0, 0.05) is 12.2 Å². The summed E-state index contributed by atoms with van der Waals surface area (Å²) in [6, 6.07) is 8.40. The maximum Gasteiger partial charge on any atom is 0.191 e. The van der Waals surface area contributed by atoms with E-state index in [-0.39, 0.29) is 0 Å². The Balaban J connectivity index is 2.36. The molecule has 0 aliphatic heterocycles. The number of anilines is 3. The van der Waals surface area contributed by atoms with Crippen LogP contribution in [0.5, 0.6) is 0 Å². The molecule has 2 rings (SSSR count). The Hall–Kier alpha value is -1.55. The lowest BCUT2D eigenvalue weighted by Crippen LogP contribution is -2.15. The van der Waals surface area contributed by atoms with Crippen LogP contribution in [0, 0.1) is 6.92 Å². The summed E-state index contributed by atoms with van der Waals surface area (Å²) in [6.45, 7) is 5.09. The SMILES string of the molecule is CCN(c1cccc(C)c1)c1ncc(N)s1. The Morgan fingerprint density at radius 1 is 1.44 bits per heavy atom. The number of hydrogen-bond donors (Lipinski definition) is 1. The first-order chi connectivity index (χ1) is 7.70. The third kappa shape index (κ3) is 2.17. The molecule has 0 fully saturated rings. The van der Waals surface area contributed by atoms with E-state index in [1.807, 2.05) is 0 Å². The highest BCUT2D eigenvalue weighted by Crippen LogP contribution is 2.30. The first-order valence-electron chi connectivity index (χ1n) is 5.26. The topological polar surface area (TPSA) is 42.2 Å². The number of hydrogen-bond acceptors (Lipinski definition) is 4. The fourth-order valence-corrected chi connectivity index (χ4v) is 2.39. The minimum Gasteiger partial charge on any atom is -0.389 e. The molecular weight excluding hydrogens is 218 g/mol. The first kappa shape index (κ1) is 11.0. The quantitative estimate of drug-likeness (QED) is 0.885. The lowest BCUT2D eigenvalue weighted by atomic mass is 10.2. The van der Waals surface area contributed by atoms with Crippen LogP contribution in [0.3, 0.4) is 0 Å². The van der Waals surface area contributed by atoms with Crippen LogP contribution in [0.15, 0.2) is 30.5 Å². The van der Waals surface area contributed by atoms with Crippen LogP contribution in [0.2, 0.25) is 0 Å². The van der Waals surface area contributed by atoms with Crippen molar-refractivity contribution >= 4 is 27.2 Å². The first-order valence-corrected chi connectivity index (χ1v) is 6.08. The largest absolute Gasteiger partial charge is 0.389 e. The lowest BCUT2D eigenvalue weighted by Gasteiger charge is -2.20. The number of aromatic nitrogens is 1. The molecule has 3 nitrogen and oxygen atoms in total. The van der Waals surface area contributed by atoms with E-state index < -0.39 is 0 Å². The summed E-state index contributed by atoms with van der Waals surface area (Å²) >= 11 is 1.51. The molecule has 0 radical (unpaired) electrons. The van der Waals surface area contributed by atoms with Crippen molar-refractivity contribution in [2.24, 2.45) is 0 Å². The fraction of sp³-hybridized carbons (Fsp3) is 0.250. The van der Waals surface area contributed by atoms with Crippen LogP contribution in [-0.2, 0) is 0 Å². The number of aryl methyl sites for hydroxylation is 1.